The van der Waals surface area contributed by atoms with Crippen molar-refractivity contribution in [2.24, 2.45) is 0 Å². The predicted molar refractivity (Wildman–Crippen MR) is 101 cm³/mol. The second kappa shape index (κ2) is 8.73. The van der Waals surface area contributed by atoms with E-state index in [2.05, 4.69) is 20.8 Å². The smallest absolute Gasteiger partial charge is 0.252 e. The first-order valence-electron chi connectivity index (χ1n) is 7.95. The number of nitrogens with one attached hydrogen (secondary N) is 2. The minimum atomic E-state index is -0.257. The van der Waals surface area contributed by atoms with Gasteiger partial charge in [-0.2, -0.15) is 0 Å². The molecule has 0 spiro atoms. The molecule has 2 N–H and O–H groups in total. The third-order valence-electron chi connectivity index (χ3n) is 3.54. The van der Waals surface area contributed by atoms with E-state index < -0.39 is 0 Å². The average molecular weight is 391 g/mol. The fraction of sp³-hybridized carbons (Fsp3) is 0.167. The Hall–Kier alpha value is -2.51. The quantitative estimate of drug-likeness (QED) is 0.603. The van der Waals surface area contributed by atoms with Crippen molar-refractivity contribution >= 4 is 34.0 Å². The molecule has 3 rings (SSSR count). The molecule has 0 aliphatic rings. The van der Waals surface area contributed by atoms with Gasteiger partial charge in [0, 0.05) is 19.5 Å². The Labute approximate surface area is 159 Å². The first kappa shape index (κ1) is 18.3. The molecule has 134 valence electrons. The second-order valence-electron chi connectivity index (χ2n) is 5.47. The Kier molecular flexibility index (Phi) is 6.14. The number of anilines is 1. The number of halogens is 2. The summed E-state index contributed by atoms with van der Waals surface area (Å²) in [6.45, 7) is 0.943. The molecule has 1 amide bonds. The van der Waals surface area contributed by atoms with E-state index in [1.165, 1.54) is 23.5 Å². The van der Waals surface area contributed by atoms with Gasteiger partial charge in [0.2, 0.25) is 5.13 Å². The molecule has 5 nitrogen and oxygen atoms in total. The summed E-state index contributed by atoms with van der Waals surface area (Å²) in [7, 11) is 0. The normalized spacial score (nSPS) is 10.5. The SMILES string of the molecule is O=C(NCCNc1nnc(Cc2ccc(F)cc2)s1)c1ccccc1Cl. The molecule has 0 aliphatic heterocycles. The van der Waals surface area contributed by atoms with Gasteiger partial charge in [0.25, 0.3) is 5.91 Å². The van der Waals surface area contributed by atoms with Crippen LogP contribution < -0.4 is 10.6 Å². The second-order valence-corrected chi connectivity index (χ2v) is 6.94. The number of hydrogen-bond donors (Lipinski definition) is 2. The fourth-order valence-electron chi connectivity index (χ4n) is 2.26. The molecule has 0 aliphatic carbocycles. The lowest BCUT2D eigenvalue weighted by molar-refractivity contribution is 0.0955. The Bertz CT molecular complexity index is 885. The maximum absolute atomic E-state index is 12.9. The van der Waals surface area contributed by atoms with Crippen molar-refractivity contribution in [3.8, 4) is 0 Å². The highest BCUT2D eigenvalue weighted by Crippen LogP contribution is 2.18. The van der Waals surface area contributed by atoms with Gasteiger partial charge in [0.1, 0.15) is 10.8 Å². The molecule has 2 aromatic carbocycles. The van der Waals surface area contributed by atoms with Crippen LogP contribution in [0.4, 0.5) is 9.52 Å². The van der Waals surface area contributed by atoms with Crippen LogP contribution in [0.2, 0.25) is 5.02 Å². The number of hydrogen-bond acceptors (Lipinski definition) is 5. The molecule has 0 bridgehead atoms. The summed E-state index contributed by atoms with van der Waals surface area (Å²) in [5.41, 5.74) is 1.42. The minimum absolute atomic E-state index is 0.216. The number of nitrogens with zero attached hydrogens (tertiary/aromatic N) is 2. The van der Waals surface area contributed by atoms with Crippen LogP contribution >= 0.6 is 22.9 Å². The zero-order chi connectivity index (χ0) is 18.4. The Morgan fingerprint density at radius 1 is 1.08 bits per heavy atom. The van der Waals surface area contributed by atoms with E-state index in [-0.39, 0.29) is 11.7 Å². The first-order chi connectivity index (χ1) is 12.6. The van der Waals surface area contributed by atoms with Crippen LogP contribution in [-0.4, -0.2) is 29.2 Å². The maximum atomic E-state index is 12.9. The minimum Gasteiger partial charge on any atom is -0.358 e. The molecule has 0 unspecified atom stereocenters. The van der Waals surface area contributed by atoms with Crippen molar-refractivity contribution in [3.05, 3.63) is 75.5 Å². The molecule has 1 aromatic heterocycles. The summed E-state index contributed by atoms with van der Waals surface area (Å²) in [5, 5.41) is 16.0. The van der Waals surface area contributed by atoms with Crippen LogP contribution in [0.1, 0.15) is 20.9 Å². The highest BCUT2D eigenvalue weighted by molar-refractivity contribution is 7.15. The number of carbonyl (C=O) groups excluding carboxylic acids is 1. The molecule has 0 saturated heterocycles. The molecule has 0 radical (unpaired) electrons. The Balaban J connectivity index is 1.44. The average Bonchev–Trinajstić information content (AvgIpc) is 3.08. The molecule has 0 atom stereocenters. The number of benzene rings is 2. The standard InChI is InChI=1S/C18H16ClFN4OS/c19-15-4-2-1-3-14(15)17(25)21-9-10-22-18-24-23-16(26-18)11-12-5-7-13(20)8-6-12/h1-8H,9-11H2,(H,21,25)(H,22,24). The van der Waals surface area contributed by atoms with Crippen molar-refractivity contribution in [2.45, 2.75) is 6.42 Å². The molecular formula is C18H16ClFN4OS. The van der Waals surface area contributed by atoms with E-state index in [0.717, 1.165) is 10.6 Å². The summed E-state index contributed by atoms with van der Waals surface area (Å²) in [5.74, 6) is -0.473. The predicted octanol–water partition coefficient (Wildman–Crippen LogP) is 3.76. The first-order valence-corrected chi connectivity index (χ1v) is 9.14. The molecule has 1 heterocycles. The van der Waals surface area contributed by atoms with Gasteiger partial charge in [0.15, 0.2) is 0 Å². The van der Waals surface area contributed by atoms with Crippen molar-refractivity contribution in [1.29, 1.82) is 0 Å². The molecular weight excluding hydrogens is 375 g/mol. The van der Waals surface area contributed by atoms with Crippen molar-refractivity contribution in [3.63, 3.8) is 0 Å². The van der Waals surface area contributed by atoms with Gasteiger partial charge < -0.3 is 10.6 Å². The van der Waals surface area contributed by atoms with Crippen LogP contribution in [0, 0.1) is 5.82 Å². The lowest BCUT2D eigenvalue weighted by atomic mass is 10.2. The van der Waals surface area contributed by atoms with Gasteiger partial charge in [-0.05, 0) is 29.8 Å². The Morgan fingerprint density at radius 2 is 1.85 bits per heavy atom. The van der Waals surface area contributed by atoms with E-state index in [4.69, 9.17) is 11.6 Å². The third kappa shape index (κ3) is 5.00. The van der Waals surface area contributed by atoms with E-state index >= 15 is 0 Å². The number of amides is 1. The van der Waals surface area contributed by atoms with Crippen molar-refractivity contribution < 1.29 is 9.18 Å². The van der Waals surface area contributed by atoms with Crippen LogP contribution in [0.5, 0.6) is 0 Å². The summed E-state index contributed by atoms with van der Waals surface area (Å²) in [6, 6.07) is 13.2. The number of aromatic nitrogens is 2. The maximum Gasteiger partial charge on any atom is 0.252 e. The van der Waals surface area contributed by atoms with E-state index in [1.807, 2.05) is 0 Å². The van der Waals surface area contributed by atoms with Gasteiger partial charge in [-0.15, -0.1) is 10.2 Å². The lowest BCUT2D eigenvalue weighted by Gasteiger charge is -2.06. The fourth-order valence-corrected chi connectivity index (χ4v) is 3.28. The summed E-state index contributed by atoms with van der Waals surface area (Å²) >= 11 is 7.42. The zero-order valence-electron chi connectivity index (χ0n) is 13.7. The molecule has 0 saturated carbocycles. The lowest BCUT2D eigenvalue weighted by Crippen LogP contribution is -2.28. The van der Waals surface area contributed by atoms with Crippen molar-refractivity contribution in [2.75, 3.05) is 18.4 Å². The molecule has 26 heavy (non-hydrogen) atoms. The van der Waals surface area contributed by atoms with Crippen LogP contribution in [0.15, 0.2) is 48.5 Å². The van der Waals surface area contributed by atoms with Gasteiger partial charge in [0.05, 0.1) is 10.6 Å². The number of carbonyl (C=O) groups is 1. The Morgan fingerprint density at radius 3 is 2.62 bits per heavy atom. The third-order valence-corrected chi connectivity index (χ3v) is 4.75. The summed E-state index contributed by atoms with van der Waals surface area (Å²) in [4.78, 5) is 12.0. The van der Waals surface area contributed by atoms with Crippen LogP contribution in [0.3, 0.4) is 0 Å². The van der Waals surface area contributed by atoms with Crippen LogP contribution in [-0.2, 0) is 6.42 Å². The highest BCUT2D eigenvalue weighted by Gasteiger charge is 2.09. The van der Waals surface area contributed by atoms with E-state index in [1.54, 1.807) is 36.4 Å². The molecule has 3 aromatic rings. The van der Waals surface area contributed by atoms with E-state index in [9.17, 15) is 9.18 Å². The van der Waals surface area contributed by atoms with Gasteiger partial charge >= 0.3 is 0 Å². The monoisotopic (exact) mass is 390 g/mol. The molecule has 0 fully saturated rings. The number of rotatable bonds is 7. The largest absolute Gasteiger partial charge is 0.358 e. The van der Waals surface area contributed by atoms with Gasteiger partial charge in [-0.25, -0.2) is 4.39 Å². The van der Waals surface area contributed by atoms with E-state index in [0.29, 0.717) is 35.2 Å². The highest BCUT2D eigenvalue weighted by atomic mass is 35.5. The summed E-state index contributed by atoms with van der Waals surface area (Å²) in [6.07, 6.45) is 0.600. The zero-order valence-corrected chi connectivity index (χ0v) is 15.3. The van der Waals surface area contributed by atoms with Gasteiger partial charge in [-0.1, -0.05) is 47.2 Å². The molecule has 8 heteroatoms. The topological polar surface area (TPSA) is 66.9 Å². The van der Waals surface area contributed by atoms with Gasteiger partial charge in [-0.3, -0.25) is 4.79 Å². The van der Waals surface area contributed by atoms with Crippen molar-refractivity contribution in [1.82, 2.24) is 15.5 Å². The summed E-state index contributed by atoms with van der Waals surface area (Å²) < 4.78 is 12.9. The van der Waals surface area contributed by atoms with Crippen LogP contribution in [0.25, 0.3) is 0 Å².